The van der Waals surface area contributed by atoms with Crippen molar-refractivity contribution in [1.82, 2.24) is 9.97 Å². The highest BCUT2D eigenvalue weighted by atomic mass is 15.1. The molecule has 12 heavy (non-hydrogen) atoms. The molecular formula is C6H8N6. The molecule has 0 aliphatic carbocycles. The molecule has 0 amide bonds. The van der Waals surface area contributed by atoms with Crippen molar-refractivity contribution in [3.05, 3.63) is 28.7 Å². The molecule has 6 heteroatoms. The lowest BCUT2D eigenvalue weighted by Gasteiger charge is -1.95. The van der Waals surface area contributed by atoms with Crippen molar-refractivity contribution >= 4 is 5.69 Å². The highest BCUT2D eigenvalue weighted by Crippen LogP contribution is 1.96. The predicted molar refractivity (Wildman–Crippen MR) is 44.2 cm³/mol. The summed E-state index contributed by atoms with van der Waals surface area (Å²) in [6, 6.07) is 0. The van der Waals surface area contributed by atoms with Crippen LogP contribution in [-0.4, -0.2) is 16.5 Å². The summed E-state index contributed by atoms with van der Waals surface area (Å²) >= 11 is 0. The number of anilines is 1. The van der Waals surface area contributed by atoms with E-state index >= 15 is 0 Å². The first kappa shape index (κ1) is 8.29. The van der Waals surface area contributed by atoms with E-state index in [1.165, 1.54) is 12.4 Å². The van der Waals surface area contributed by atoms with Crippen LogP contribution in [0.15, 0.2) is 17.5 Å². The molecule has 0 unspecified atom stereocenters. The number of hydrogen-bond acceptors (Lipinski definition) is 4. The zero-order chi connectivity index (χ0) is 8.81. The van der Waals surface area contributed by atoms with E-state index in [0.29, 0.717) is 24.5 Å². The molecule has 0 spiro atoms. The van der Waals surface area contributed by atoms with Gasteiger partial charge >= 0.3 is 0 Å². The van der Waals surface area contributed by atoms with Gasteiger partial charge in [-0.2, -0.15) is 0 Å². The summed E-state index contributed by atoms with van der Waals surface area (Å²) in [5.74, 6) is 0.636. The Morgan fingerprint density at radius 2 is 2.17 bits per heavy atom. The van der Waals surface area contributed by atoms with Crippen molar-refractivity contribution in [2.24, 2.45) is 5.11 Å². The number of azide groups is 1. The largest absolute Gasteiger partial charge is 0.396 e. The molecule has 0 saturated carbocycles. The highest BCUT2D eigenvalue weighted by Gasteiger charge is 1.93. The number of nitrogens with zero attached hydrogens (tertiary/aromatic N) is 5. The highest BCUT2D eigenvalue weighted by molar-refractivity contribution is 5.30. The lowest BCUT2D eigenvalue weighted by atomic mass is 10.4. The maximum atomic E-state index is 7.99. The van der Waals surface area contributed by atoms with E-state index in [1.54, 1.807) is 0 Å². The van der Waals surface area contributed by atoms with Gasteiger partial charge in [-0.1, -0.05) is 5.11 Å². The maximum Gasteiger partial charge on any atom is 0.128 e. The van der Waals surface area contributed by atoms with Gasteiger partial charge in [0.25, 0.3) is 0 Å². The summed E-state index contributed by atoms with van der Waals surface area (Å²) in [7, 11) is 0. The van der Waals surface area contributed by atoms with Crippen LogP contribution in [0.3, 0.4) is 0 Å². The third-order valence-electron chi connectivity index (χ3n) is 1.22. The number of nitrogens with two attached hydrogens (primary N) is 1. The number of aromatic nitrogens is 2. The molecule has 6 nitrogen and oxygen atoms in total. The minimum absolute atomic E-state index is 0.375. The Kier molecular flexibility index (Phi) is 2.87. The molecule has 1 aromatic heterocycles. The van der Waals surface area contributed by atoms with Gasteiger partial charge in [0.05, 0.1) is 18.1 Å². The van der Waals surface area contributed by atoms with Crippen LogP contribution in [0.5, 0.6) is 0 Å². The summed E-state index contributed by atoms with van der Waals surface area (Å²) in [5.41, 5.74) is 13.9. The Hall–Kier alpha value is -1.81. The SMILES string of the molecule is [N-]=[N+]=NCCc1ncc(N)cn1. The minimum atomic E-state index is 0.375. The summed E-state index contributed by atoms with van der Waals surface area (Å²) in [4.78, 5) is 10.5. The topological polar surface area (TPSA) is 101 Å². The molecular weight excluding hydrogens is 156 g/mol. The van der Waals surface area contributed by atoms with Gasteiger partial charge in [-0.15, -0.1) is 0 Å². The van der Waals surface area contributed by atoms with Gasteiger partial charge in [0.1, 0.15) is 5.82 Å². The monoisotopic (exact) mass is 164 g/mol. The third kappa shape index (κ3) is 2.43. The second-order valence-electron chi connectivity index (χ2n) is 2.14. The first-order valence-corrected chi connectivity index (χ1v) is 3.40. The van der Waals surface area contributed by atoms with E-state index in [-0.39, 0.29) is 0 Å². The second-order valence-corrected chi connectivity index (χ2v) is 2.14. The average Bonchev–Trinajstić information content (AvgIpc) is 2.09. The van der Waals surface area contributed by atoms with Gasteiger partial charge in [-0.3, -0.25) is 0 Å². The van der Waals surface area contributed by atoms with Crippen molar-refractivity contribution < 1.29 is 0 Å². The van der Waals surface area contributed by atoms with Crippen molar-refractivity contribution in [3.8, 4) is 0 Å². The van der Waals surface area contributed by atoms with E-state index in [2.05, 4.69) is 20.0 Å². The normalized spacial score (nSPS) is 9.00. The Bertz CT molecular complexity index is 285. The Labute approximate surface area is 69.1 Å². The zero-order valence-electron chi connectivity index (χ0n) is 6.38. The fourth-order valence-corrected chi connectivity index (χ4v) is 0.689. The molecule has 0 aromatic carbocycles. The standard InChI is InChI=1S/C6H8N6/c7-5-3-9-6(10-4-5)1-2-11-12-8/h3-4H,1-2,7H2. The van der Waals surface area contributed by atoms with Crippen LogP contribution in [0.2, 0.25) is 0 Å². The number of hydrogen-bond donors (Lipinski definition) is 1. The zero-order valence-corrected chi connectivity index (χ0v) is 6.38. The molecule has 1 rings (SSSR count). The minimum Gasteiger partial charge on any atom is -0.396 e. The summed E-state index contributed by atoms with van der Waals surface area (Å²) in [6.45, 7) is 0.375. The molecule has 2 N–H and O–H groups in total. The molecule has 0 bridgehead atoms. The van der Waals surface area contributed by atoms with Gasteiger partial charge in [0.2, 0.25) is 0 Å². The average molecular weight is 164 g/mol. The molecule has 0 radical (unpaired) electrons. The summed E-state index contributed by atoms with van der Waals surface area (Å²) < 4.78 is 0. The molecule has 0 atom stereocenters. The van der Waals surface area contributed by atoms with Crippen LogP contribution < -0.4 is 5.73 Å². The van der Waals surface area contributed by atoms with E-state index in [1.807, 2.05) is 0 Å². The van der Waals surface area contributed by atoms with Crippen LogP contribution in [0.25, 0.3) is 10.4 Å². The first-order chi connectivity index (χ1) is 5.83. The smallest absolute Gasteiger partial charge is 0.128 e. The third-order valence-corrected chi connectivity index (χ3v) is 1.22. The van der Waals surface area contributed by atoms with Gasteiger partial charge in [0, 0.05) is 17.9 Å². The Balaban J connectivity index is 2.53. The van der Waals surface area contributed by atoms with Crippen LogP contribution in [-0.2, 0) is 6.42 Å². The Morgan fingerprint density at radius 3 is 2.75 bits per heavy atom. The van der Waals surface area contributed by atoms with Gasteiger partial charge in [-0.25, -0.2) is 9.97 Å². The molecule has 0 aliphatic heterocycles. The molecule has 1 aromatic rings. The van der Waals surface area contributed by atoms with Gasteiger partial charge in [0.15, 0.2) is 0 Å². The first-order valence-electron chi connectivity index (χ1n) is 3.40. The molecule has 62 valence electrons. The summed E-state index contributed by atoms with van der Waals surface area (Å²) in [5, 5.41) is 3.36. The van der Waals surface area contributed by atoms with Crippen LogP contribution in [0.1, 0.15) is 5.82 Å². The van der Waals surface area contributed by atoms with Crippen LogP contribution >= 0.6 is 0 Å². The second kappa shape index (κ2) is 4.15. The molecule has 0 aliphatic rings. The van der Waals surface area contributed by atoms with Crippen molar-refractivity contribution in [3.63, 3.8) is 0 Å². The maximum absolute atomic E-state index is 7.99. The molecule has 0 saturated heterocycles. The van der Waals surface area contributed by atoms with Gasteiger partial charge < -0.3 is 5.73 Å². The summed E-state index contributed by atoms with van der Waals surface area (Å²) in [6.07, 6.45) is 3.60. The number of rotatable bonds is 3. The fourth-order valence-electron chi connectivity index (χ4n) is 0.689. The Morgan fingerprint density at radius 1 is 1.50 bits per heavy atom. The lowest BCUT2D eigenvalue weighted by Crippen LogP contribution is -1.98. The van der Waals surface area contributed by atoms with Gasteiger partial charge in [-0.05, 0) is 5.53 Å². The van der Waals surface area contributed by atoms with Crippen LogP contribution in [0.4, 0.5) is 5.69 Å². The molecule has 1 heterocycles. The van der Waals surface area contributed by atoms with E-state index < -0.39 is 0 Å². The lowest BCUT2D eigenvalue weighted by molar-refractivity contribution is 0.863. The van der Waals surface area contributed by atoms with Crippen LogP contribution in [0, 0.1) is 0 Å². The van der Waals surface area contributed by atoms with E-state index in [4.69, 9.17) is 11.3 Å². The predicted octanol–water partition coefficient (Wildman–Crippen LogP) is 0.912. The number of nitrogen functional groups attached to an aromatic ring is 1. The fraction of sp³-hybridized carbons (Fsp3) is 0.333. The van der Waals surface area contributed by atoms with E-state index in [9.17, 15) is 0 Å². The quantitative estimate of drug-likeness (QED) is 0.408. The van der Waals surface area contributed by atoms with Crippen molar-refractivity contribution in [1.29, 1.82) is 0 Å². The van der Waals surface area contributed by atoms with Crippen molar-refractivity contribution in [2.45, 2.75) is 6.42 Å². The van der Waals surface area contributed by atoms with Crippen molar-refractivity contribution in [2.75, 3.05) is 12.3 Å². The molecule has 0 fully saturated rings. The van der Waals surface area contributed by atoms with E-state index in [0.717, 1.165) is 0 Å².